The summed E-state index contributed by atoms with van der Waals surface area (Å²) in [5.74, 6) is 0.309. The van der Waals surface area contributed by atoms with Crippen LogP contribution in [-0.2, 0) is 9.59 Å². The predicted octanol–water partition coefficient (Wildman–Crippen LogP) is 0.146. The van der Waals surface area contributed by atoms with E-state index < -0.39 is 0 Å². The zero-order chi connectivity index (χ0) is 12.9. The van der Waals surface area contributed by atoms with Crippen LogP contribution in [0.5, 0.6) is 0 Å². The van der Waals surface area contributed by atoms with E-state index >= 15 is 0 Å². The molecule has 0 aromatic heterocycles. The zero-order valence-electron chi connectivity index (χ0n) is 10.7. The molecule has 0 saturated heterocycles. The van der Waals surface area contributed by atoms with E-state index in [4.69, 9.17) is 5.73 Å². The van der Waals surface area contributed by atoms with E-state index in [1.54, 1.807) is 0 Å². The Morgan fingerprint density at radius 3 is 2.41 bits per heavy atom. The Bertz CT molecular complexity index is 283. The van der Waals surface area contributed by atoms with E-state index in [1.807, 2.05) is 0 Å². The normalized spacial score (nSPS) is 28.5. The van der Waals surface area contributed by atoms with Crippen LogP contribution in [0.25, 0.3) is 0 Å². The number of nitrogens with two attached hydrogens (primary N) is 1. The smallest absolute Gasteiger partial charge is 0.239 e. The van der Waals surface area contributed by atoms with Crippen LogP contribution < -0.4 is 16.4 Å². The van der Waals surface area contributed by atoms with Gasteiger partial charge < -0.3 is 16.4 Å². The Hall–Kier alpha value is -1.10. The summed E-state index contributed by atoms with van der Waals surface area (Å²) in [5.41, 5.74) is 5.03. The van der Waals surface area contributed by atoms with Crippen LogP contribution in [0.4, 0.5) is 0 Å². The fourth-order valence-corrected chi connectivity index (χ4v) is 2.16. The number of carbonyl (C=O) groups excluding carboxylic acids is 2. The maximum Gasteiger partial charge on any atom is 0.239 e. The lowest BCUT2D eigenvalue weighted by Gasteiger charge is -2.37. The van der Waals surface area contributed by atoms with E-state index in [0.29, 0.717) is 0 Å². The number of hydrogen-bond donors (Lipinski definition) is 3. The van der Waals surface area contributed by atoms with Gasteiger partial charge in [0.25, 0.3) is 0 Å². The van der Waals surface area contributed by atoms with E-state index in [2.05, 4.69) is 24.5 Å². The first-order valence-electron chi connectivity index (χ1n) is 6.23. The predicted molar refractivity (Wildman–Crippen MR) is 66.2 cm³/mol. The summed E-state index contributed by atoms with van der Waals surface area (Å²) < 4.78 is 0. The van der Waals surface area contributed by atoms with E-state index in [9.17, 15) is 9.59 Å². The van der Waals surface area contributed by atoms with Gasteiger partial charge in [0.2, 0.25) is 11.8 Å². The fraction of sp³-hybridized carbons (Fsp3) is 0.833. The number of carbonyl (C=O) groups is 2. The second-order valence-corrected chi connectivity index (χ2v) is 5.27. The Morgan fingerprint density at radius 2 is 1.88 bits per heavy atom. The molecular formula is C12H23N3O2. The first-order chi connectivity index (χ1) is 7.95. The minimum atomic E-state index is -0.303. The molecule has 0 bridgehead atoms. The summed E-state index contributed by atoms with van der Waals surface area (Å²) in [7, 11) is 0. The molecule has 98 valence electrons. The molecule has 1 aliphatic carbocycles. The highest BCUT2D eigenvalue weighted by molar-refractivity contribution is 5.85. The van der Waals surface area contributed by atoms with Crippen molar-refractivity contribution >= 4 is 11.8 Å². The summed E-state index contributed by atoms with van der Waals surface area (Å²) in [5, 5.41) is 5.47. The SMILES string of the molecule is CC1CCC(C)(NC(=O)CNC(=O)CN)CC1. The highest BCUT2D eigenvalue weighted by Crippen LogP contribution is 2.31. The second-order valence-electron chi connectivity index (χ2n) is 5.27. The van der Waals surface area contributed by atoms with Gasteiger partial charge in [0.05, 0.1) is 13.1 Å². The van der Waals surface area contributed by atoms with E-state index in [1.165, 1.54) is 0 Å². The number of nitrogens with one attached hydrogen (secondary N) is 2. The lowest BCUT2D eigenvalue weighted by atomic mass is 9.78. The highest BCUT2D eigenvalue weighted by atomic mass is 16.2. The molecule has 0 radical (unpaired) electrons. The van der Waals surface area contributed by atoms with Crippen molar-refractivity contribution in [1.82, 2.24) is 10.6 Å². The number of amides is 2. The average Bonchev–Trinajstić information content (AvgIpc) is 2.30. The van der Waals surface area contributed by atoms with Crippen molar-refractivity contribution < 1.29 is 9.59 Å². The number of hydrogen-bond acceptors (Lipinski definition) is 3. The number of rotatable bonds is 4. The van der Waals surface area contributed by atoms with Crippen molar-refractivity contribution in [3.8, 4) is 0 Å². The first kappa shape index (κ1) is 14.0. The van der Waals surface area contributed by atoms with Crippen LogP contribution in [0.3, 0.4) is 0 Å². The van der Waals surface area contributed by atoms with Gasteiger partial charge in [0.1, 0.15) is 0 Å². The molecule has 2 amide bonds. The minimum absolute atomic E-state index is 0.0151. The van der Waals surface area contributed by atoms with Crippen molar-refractivity contribution in [1.29, 1.82) is 0 Å². The Labute approximate surface area is 103 Å². The second kappa shape index (κ2) is 6.00. The van der Waals surface area contributed by atoms with Crippen molar-refractivity contribution in [3.05, 3.63) is 0 Å². The molecule has 5 heteroatoms. The van der Waals surface area contributed by atoms with Gasteiger partial charge in [-0.15, -0.1) is 0 Å². The summed E-state index contributed by atoms with van der Waals surface area (Å²) in [6.07, 6.45) is 4.30. The molecular weight excluding hydrogens is 218 g/mol. The Balaban J connectivity index is 2.32. The summed E-state index contributed by atoms with van der Waals surface area (Å²) in [6, 6.07) is 0. The maximum absolute atomic E-state index is 11.7. The van der Waals surface area contributed by atoms with Gasteiger partial charge in [-0.3, -0.25) is 9.59 Å². The third kappa shape index (κ3) is 4.73. The molecule has 5 nitrogen and oxygen atoms in total. The molecule has 0 aromatic rings. The van der Waals surface area contributed by atoms with Crippen molar-refractivity contribution in [2.24, 2.45) is 11.7 Å². The standard InChI is InChI=1S/C12H23N3O2/c1-9-3-5-12(2,6-4-9)15-11(17)8-14-10(16)7-13/h9H,3-8,13H2,1-2H3,(H,14,16)(H,15,17). The highest BCUT2D eigenvalue weighted by Gasteiger charge is 2.30. The lowest BCUT2D eigenvalue weighted by molar-refractivity contribution is -0.126. The van der Waals surface area contributed by atoms with Crippen LogP contribution >= 0.6 is 0 Å². The average molecular weight is 241 g/mol. The molecule has 17 heavy (non-hydrogen) atoms. The molecule has 0 aromatic carbocycles. The van der Waals surface area contributed by atoms with Crippen molar-refractivity contribution in [2.45, 2.75) is 45.1 Å². The summed E-state index contributed by atoms with van der Waals surface area (Å²) in [4.78, 5) is 22.6. The molecule has 1 saturated carbocycles. The molecule has 1 rings (SSSR count). The van der Waals surface area contributed by atoms with Crippen molar-refractivity contribution in [3.63, 3.8) is 0 Å². The van der Waals surface area contributed by atoms with Crippen LogP contribution in [-0.4, -0.2) is 30.4 Å². The summed E-state index contributed by atoms with van der Waals surface area (Å²) in [6.45, 7) is 4.24. The molecule has 1 fully saturated rings. The molecule has 0 unspecified atom stereocenters. The molecule has 0 heterocycles. The monoisotopic (exact) mass is 241 g/mol. The Morgan fingerprint density at radius 1 is 1.29 bits per heavy atom. The third-order valence-corrected chi connectivity index (χ3v) is 3.45. The minimum Gasteiger partial charge on any atom is -0.349 e. The lowest BCUT2D eigenvalue weighted by Crippen LogP contribution is -2.51. The molecule has 0 spiro atoms. The van der Waals surface area contributed by atoms with Gasteiger partial charge in [-0.2, -0.15) is 0 Å². The zero-order valence-corrected chi connectivity index (χ0v) is 10.7. The van der Waals surface area contributed by atoms with Crippen molar-refractivity contribution in [2.75, 3.05) is 13.1 Å². The quantitative estimate of drug-likeness (QED) is 0.655. The molecule has 4 N–H and O–H groups in total. The van der Waals surface area contributed by atoms with E-state index in [0.717, 1.165) is 31.6 Å². The van der Waals surface area contributed by atoms with Gasteiger partial charge in [-0.1, -0.05) is 6.92 Å². The first-order valence-corrected chi connectivity index (χ1v) is 6.23. The van der Waals surface area contributed by atoms with Crippen LogP contribution in [0, 0.1) is 5.92 Å². The largest absolute Gasteiger partial charge is 0.349 e. The summed E-state index contributed by atoms with van der Waals surface area (Å²) >= 11 is 0. The fourth-order valence-electron chi connectivity index (χ4n) is 2.16. The van der Waals surface area contributed by atoms with Crippen LogP contribution in [0.1, 0.15) is 39.5 Å². The van der Waals surface area contributed by atoms with Gasteiger partial charge in [0, 0.05) is 5.54 Å². The van der Waals surface area contributed by atoms with Gasteiger partial charge in [0.15, 0.2) is 0 Å². The topological polar surface area (TPSA) is 84.2 Å². The maximum atomic E-state index is 11.7. The van der Waals surface area contributed by atoms with Gasteiger partial charge in [-0.25, -0.2) is 0 Å². The van der Waals surface area contributed by atoms with Gasteiger partial charge >= 0.3 is 0 Å². The third-order valence-electron chi connectivity index (χ3n) is 3.45. The van der Waals surface area contributed by atoms with Crippen LogP contribution in [0.15, 0.2) is 0 Å². The molecule has 1 aliphatic rings. The van der Waals surface area contributed by atoms with Crippen LogP contribution in [0.2, 0.25) is 0 Å². The molecule has 0 atom stereocenters. The van der Waals surface area contributed by atoms with E-state index in [-0.39, 0.29) is 30.4 Å². The Kier molecular flexibility index (Phi) is 4.93. The van der Waals surface area contributed by atoms with Gasteiger partial charge in [-0.05, 0) is 38.5 Å². The molecule has 0 aliphatic heterocycles.